The second kappa shape index (κ2) is 12.1. The molecule has 0 saturated carbocycles. The summed E-state index contributed by atoms with van der Waals surface area (Å²) in [7, 11) is -3.54. The molecule has 1 atom stereocenters. The number of nitrogens with one attached hydrogen (secondary N) is 1. The number of carboxylic acids is 1. The number of piperidine rings is 1. The lowest BCUT2D eigenvalue weighted by atomic mass is 9.90. The van der Waals surface area contributed by atoms with Gasteiger partial charge in [-0.05, 0) is 81.1 Å². The van der Waals surface area contributed by atoms with E-state index in [0.717, 1.165) is 26.7 Å². The van der Waals surface area contributed by atoms with E-state index in [1.165, 1.54) is 6.26 Å². The summed E-state index contributed by atoms with van der Waals surface area (Å²) in [6.45, 7) is 5.85. The van der Waals surface area contributed by atoms with Gasteiger partial charge in [0, 0.05) is 16.0 Å². The zero-order valence-electron chi connectivity index (χ0n) is 22.1. The van der Waals surface area contributed by atoms with E-state index in [4.69, 9.17) is 4.74 Å². The Morgan fingerprint density at radius 3 is 2.47 bits per heavy atom. The molecule has 2 N–H and O–H groups in total. The number of anilines is 2. The van der Waals surface area contributed by atoms with Gasteiger partial charge in [0.05, 0.1) is 34.7 Å². The monoisotopic (exact) mass is 560 g/mol. The molecule has 2 aliphatic rings. The molecule has 0 spiro atoms. The minimum Gasteiger partial charge on any atom is -0.481 e. The van der Waals surface area contributed by atoms with Crippen LogP contribution in [0.1, 0.15) is 51.0 Å². The molecule has 0 radical (unpaired) electrons. The van der Waals surface area contributed by atoms with Gasteiger partial charge in [0.25, 0.3) is 0 Å². The molecule has 206 valence electrons. The molecule has 10 heteroatoms. The highest BCUT2D eigenvalue weighted by molar-refractivity contribution is 7.99. The summed E-state index contributed by atoms with van der Waals surface area (Å²) < 4.78 is 31.5. The first-order chi connectivity index (χ1) is 18.0. The molecule has 1 unspecified atom stereocenters. The summed E-state index contributed by atoms with van der Waals surface area (Å²) in [6, 6.07) is 11.5. The van der Waals surface area contributed by atoms with Crippen molar-refractivity contribution in [2.45, 2.75) is 60.1 Å². The molecule has 8 nitrogen and oxygen atoms in total. The first kappa shape index (κ1) is 28.4. The number of rotatable bonds is 10. The average molecular weight is 561 g/mol. The Balaban J connectivity index is 1.65. The molecule has 2 aromatic carbocycles. The normalized spacial score (nSPS) is 16.8. The number of carbonyl (C=O) groups excluding carboxylic acids is 1. The molecule has 2 aromatic rings. The number of likely N-dealkylation sites (tertiary alicyclic amines) is 1. The fourth-order valence-corrected chi connectivity index (χ4v) is 7.07. The van der Waals surface area contributed by atoms with Crippen LogP contribution in [-0.4, -0.2) is 62.9 Å². The number of fused-ring (bicyclic) bond motifs is 2. The molecule has 0 aliphatic carbocycles. The highest BCUT2D eigenvalue weighted by Crippen LogP contribution is 2.49. The van der Waals surface area contributed by atoms with Gasteiger partial charge < -0.3 is 20.1 Å². The summed E-state index contributed by atoms with van der Waals surface area (Å²) in [5.74, 6) is -1.76. The van der Waals surface area contributed by atoms with Crippen LogP contribution in [-0.2, 0) is 24.2 Å². The summed E-state index contributed by atoms with van der Waals surface area (Å²) in [5, 5.41) is 12.8. The molecule has 1 fully saturated rings. The zero-order chi connectivity index (χ0) is 27.4. The third-order valence-corrected chi connectivity index (χ3v) is 9.55. The molecule has 1 saturated heterocycles. The number of hydrogen-bond acceptors (Lipinski definition) is 8. The number of carboxylic acid groups (broad SMARTS) is 1. The van der Waals surface area contributed by atoms with E-state index >= 15 is 0 Å². The Labute approximate surface area is 229 Å². The Bertz CT molecular complexity index is 1290. The number of hydrogen-bond donors (Lipinski definition) is 2. The van der Waals surface area contributed by atoms with Crippen molar-refractivity contribution in [1.82, 2.24) is 4.90 Å². The van der Waals surface area contributed by atoms with E-state index in [1.807, 2.05) is 30.3 Å². The van der Waals surface area contributed by atoms with Crippen molar-refractivity contribution >= 4 is 44.9 Å². The van der Waals surface area contributed by atoms with Crippen molar-refractivity contribution in [2.75, 3.05) is 37.8 Å². The SMILES string of the molecule is CC(C)C(=O)OCCC(CCN1CCC(C(=O)O)CC1)c1c(S(C)(=O)=O)ccc2c1Nc1ccccc1S2. The van der Waals surface area contributed by atoms with Gasteiger partial charge in [-0.15, -0.1) is 0 Å². The molecule has 4 rings (SSSR count). The van der Waals surface area contributed by atoms with E-state index in [9.17, 15) is 23.1 Å². The number of esters is 1. The fraction of sp³-hybridized carbons (Fsp3) is 0.500. The predicted octanol–water partition coefficient (Wildman–Crippen LogP) is 5.16. The lowest BCUT2D eigenvalue weighted by molar-refractivity contribution is -0.147. The predicted molar refractivity (Wildman–Crippen MR) is 148 cm³/mol. The van der Waals surface area contributed by atoms with Crippen LogP contribution in [0.4, 0.5) is 11.4 Å². The maximum absolute atomic E-state index is 13.0. The Morgan fingerprint density at radius 2 is 1.82 bits per heavy atom. The largest absolute Gasteiger partial charge is 0.481 e. The van der Waals surface area contributed by atoms with Gasteiger partial charge in [0.1, 0.15) is 0 Å². The van der Waals surface area contributed by atoms with Crippen LogP contribution in [0.3, 0.4) is 0 Å². The van der Waals surface area contributed by atoms with E-state index in [1.54, 1.807) is 31.7 Å². The lowest BCUT2D eigenvalue weighted by Gasteiger charge is -2.33. The number of carbonyl (C=O) groups is 2. The number of para-hydroxylation sites is 1. The Kier molecular flexibility index (Phi) is 9.05. The van der Waals surface area contributed by atoms with E-state index in [-0.39, 0.29) is 35.2 Å². The molecular weight excluding hydrogens is 524 g/mol. The summed E-state index contributed by atoms with van der Waals surface area (Å²) >= 11 is 1.61. The summed E-state index contributed by atoms with van der Waals surface area (Å²) in [4.78, 5) is 28.1. The van der Waals surface area contributed by atoms with Crippen LogP contribution in [0.25, 0.3) is 0 Å². The van der Waals surface area contributed by atoms with E-state index in [0.29, 0.717) is 45.3 Å². The molecule has 2 heterocycles. The van der Waals surface area contributed by atoms with Crippen molar-refractivity contribution in [3.8, 4) is 0 Å². The fourth-order valence-electron chi connectivity index (χ4n) is 5.08. The molecule has 0 aromatic heterocycles. The quantitative estimate of drug-likeness (QED) is 0.325. The van der Waals surface area contributed by atoms with Crippen molar-refractivity contribution in [2.24, 2.45) is 11.8 Å². The van der Waals surface area contributed by atoms with Crippen LogP contribution in [0.5, 0.6) is 0 Å². The number of aliphatic carboxylic acids is 1. The Morgan fingerprint density at radius 1 is 1.11 bits per heavy atom. The van der Waals surface area contributed by atoms with Crippen LogP contribution >= 0.6 is 11.8 Å². The molecule has 0 amide bonds. The van der Waals surface area contributed by atoms with E-state index in [2.05, 4.69) is 10.2 Å². The van der Waals surface area contributed by atoms with Gasteiger partial charge in [0.2, 0.25) is 0 Å². The third kappa shape index (κ3) is 6.71. The van der Waals surface area contributed by atoms with Crippen LogP contribution in [0.15, 0.2) is 51.1 Å². The lowest BCUT2D eigenvalue weighted by Crippen LogP contribution is -2.37. The van der Waals surface area contributed by atoms with Crippen molar-refractivity contribution < 1.29 is 27.9 Å². The molecule has 2 aliphatic heterocycles. The highest BCUT2D eigenvalue weighted by Gasteiger charge is 2.31. The standard InChI is InChI=1S/C28H36N2O6S2/c1-18(2)28(33)36-17-13-19(10-14-30-15-11-20(12-16-30)27(31)32)25-24(38(3,34)35)9-8-23-26(25)29-21-6-4-5-7-22(21)37-23/h4-9,18-20,29H,10-17H2,1-3H3,(H,31,32). The van der Waals surface area contributed by atoms with Crippen LogP contribution < -0.4 is 5.32 Å². The minimum atomic E-state index is -3.54. The van der Waals surface area contributed by atoms with Gasteiger partial charge in [0.15, 0.2) is 9.84 Å². The van der Waals surface area contributed by atoms with Gasteiger partial charge in [-0.1, -0.05) is 37.7 Å². The molecule has 0 bridgehead atoms. The molecule has 38 heavy (non-hydrogen) atoms. The number of ether oxygens (including phenoxy) is 1. The Hall–Kier alpha value is -2.56. The first-order valence-corrected chi connectivity index (χ1v) is 15.8. The highest BCUT2D eigenvalue weighted by atomic mass is 32.2. The first-order valence-electron chi connectivity index (χ1n) is 13.1. The number of benzene rings is 2. The maximum atomic E-state index is 13.0. The van der Waals surface area contributed by atoms with Gasteiger partial charge >= 0.3 is 11.9 Å². The zero-order valence-corrected chi connectivity index (χ0v) is 23.7. The van der Waals surface area contributed by atoms with Gasteiger partial charge in [-0.25, -0.2) is 8.42 Å². The van der Waals surface area contributed by atoms with Crippen LogP contribution in [0.2, 0.25) is 0 Å². The smallest absolute Gasteiger partial charge is 0.308 e. The second-order valence-electron chi connectivity index (χ2n) is 10.4. The van der Waals surface area contributed by atoms with E-state index < -0.39 is 15.8 Å². The third-order valence-electron chi connectivity index (χ3n) is 7.25. The van der Waals surface area contributed by atoms with Gasteiger partial charge in [-0.3, -0.25) is 9.59 Å². The second-order valence-corrected chi connectivity index (χ2v) is 13.5. The molecular formula is C28H36N2O6S2. The van der Waals surface area contributed by atoms with Crippen LogP contribution in [0, 0.1) is 11.8 Å². The maximum Gasteiger partial charge on any atom is 0.308 e. The minimum absolute atomic E-state index is 0.190. The number of sulfone groups is 1. The van der Waals surface area contributed by atoms with Crippen molar-refractivity contribution in [3.63, 3.8) is 0 Å². The van der Waals surface area contributed by atoms with Crippen molar-refractivity contribution in [3.05, 3.63) is 42.0 Å². The topological polar surface area (TPSA) is 113 Å². The number of nitrogens with zero attached hydrogens (tertiary/aromatic N) is 1. The average Bonchev–Trinajstić information content (AvgIpc) is 2.88. The summed E-state index contributed by atoms with van der Waals surface area (Å²) in [6.07, 6.45) is 3.59. The summed E-state index contributed by atoms with van der Waals surface area (Å²) in [5.41, 5.74) is 2.45. The van der Waals surface area contributed by atoms with Crippen molar-refractivity contribution in [1.29, 1.82) is 0 Å². The van der Waals surface area contributed by atoms with Gasteiger partial charge in [-0.2, -0.15) is 0 Å².